The molecule has 0 aliphatic carbocycles. The maximum atomic E-state index is 11.9. The van der Waals surface area contributed by atoms with Crippen LogP contribution in [-0.4, -0.2) is 43.2 Å². The van der Waals surface area contributed by atoms with Crippen LogP contribution in [0.25, 0.3) is 15.7 Å². The second-order valence-corrected chi connectivity index (χ2v) is 8.98. The zero-order valence-electron chi connectivity index (χ0n) is 18.5. The van der Waals surface area contributed by atoms with Crippen LogP contribution in [-0.2, 0) is 4.79 Å². The third-order valence-electron chi connectivity index (χ3n) is 5.81. The number of carbonyl (C=O) groups is 1. The minimum Gasteiger partial charge on any atom is -0.495 e. The molecule has 3 heterocycles. The number of nitrogens with zero attached hydrogens (tertiary/aromatic N) is 3. The Morgan fingerprint density at radius 3 is 2.94 bits per heavy atom. The van der Waals surface area contributed by atoms with Gasteiger partial charge in [-0.25, -0.2) is 4.99 Å². The first-order valence-corrected chi connectivity index (χ1v) is 11.3. The van der Waals surface area contributed by atoms with Crippen molar-refractivity contribution >= 4 is 45.1 Å². The lowest BCUT2D eigenvalue weighted by Gasteiger charge is -2.15. The topological polar surface area (TPSA) is 92.3 Å². The number of amides is 1. The summed E-state index contributed by atoms with van der Waals surface area (Å²) in [5.41, 5.74) is 13.1. The van der Waals surface area contributed by atoms with Crippen LogP contribution < -0.4 is 15.9 Å². The number of hydrogen-bond acceptors (Lipinski definition) is 7. The van der Waals surface area contributed by atoms with E-state index in [-0.39, 0.29) is 11.8 Å². The Kier molecular flexibility index (Phi) is 6.14. The number of methoxy groups -OCH3 is 1. The number of hydrogen-bond donors (Lipinski definition) is 2. The van der Waals surface area contributed by atoms with Crippen molar-refractivity contribution in [1.29, 1.82) is 0 Å². The number of allylic oxidation sites excluding steroid dienone is 2. The fourth-order valence-corrected chi connectivity index (χ4v) is 5.43. The predicted molar refractivity (Wildman–Crippen MR) is 132 cm³/mol. The highest BCUT2D eigenvalue weighted by Gasteiger charge is 2.24. The van der Waals surface area contributed by atoms with Gasteiger partial charge >= 0.3 is 0 Å². The van der Waals surface area contributed by atoms with Gasteiger partial charge in [-0.2, -0.15) is 5.10 Å². The monoisotopic (exact) mass is 449 g/mol. The minimum absolute atomic E-state index is 0.0260. The Morgan fingerprint density at radius 2 is 2.22 bits per heavy atom. The first kappa shape index (κ1) is 21.8. The summed E-state index contributed by atoms with van der Waals surface area (Å²) in [7, 11) is 1.70. The normalized spacial score (nSPS) is 19.9. The van der Waals surface area contributed by atoms with Gasteiger partial charge in [-0.15, -0.1) is 11.3 Å². The third kappa shape index (κ3) is 4.05. The molecule has 0 spiro atoms. The number of aryl methyl sites for hydroxylation is 2. The smallest absolute Gasteiger partial charge is 0.245 e. The van der Waals surface area contributed by atoms with E-state index in [9.17, 15) is 4.79 Å². The zero-order valence-corrected chi connectivity index (χ0v) is 19.3. The van der Waals surface area contributed by atoms with Gasteiger partial charge in [-0.3, -0.25) is 10.2 Å². The number of thiophene rings is 1. The van der Waals surface area contributed by atoms with Crippen molar-refractivity contribution in [3.63, 3.8) is 0 Å². The van der Waals surface area contributed by atoms with Crippen LogP contribution in [0.3, 0.4) is 0 Å². The number of fused-ring (bicyclic) bond motifs is 1. The van der Waals surface area contributed by atoms with E-state index in [2.05, 4.69) is 54.2 Å². The van der Waals surface area contributed by atoms with Gasteiger partial charge in [-0.05, 0) is 49.5 Å². The summed E-state index contributed by atoms with van der Waals surface area (Å²) in [6, 6.07) is 4.23. The average molecular weight is 450 g/mol. The molecule has 32 heavy (non-hydrogen) atoms. The Hall–Kier alpha value is -3.39. The molecule has 0 radical (unpaired) electrons. The van der Waals surface area contributed by atoms with Crippen LogP contribution in [0.2, 0.25) is 0 Å². The second kappa shape index (κ2) is 9.00. The van der Waals surface area contributed by atoms with Gasteiger partial charge in [0, 0.05) is 28.9 Å². The molecule has 2 aromatic rings. The molecular weight excluding hydrogens is 422 g/mol. The Balaban J connectivity index is 1.79. The molecule has 7 nitrogen and oxygen atoms in total. The van der Waals surface area contributed by atoms with Crippen LogP contribution in [0.15, 0.2) is 52.7 Å². The van der Waals surface area contributed by atoms with Gasteiger partial charge in [-0.1, -0.05) is 24.8 Å². The molecule has 0 unspecified atom stereocenters. The van der Waals surface area contributed by atoms with Crippen molar-refractivity contribution in [2.24, 2.45) is 21.7 Å². The van der Waals surface area contributed by atoms with Gasteiger partial charge in [0.25, 0.3) is 0 Å². The zero-order chi connectivity index (χ0) is 22.8. The molecule has 2 aliphatic rings. The minimum atomic E-state index is -0.0260. The van der Waals surface area contributed by atoms with Crippen molar-refractivity contribution in [3.05, 3.63) is 58.6 Å². The number of carbonyl (C=O) groups excluding carboxylic acids is 1. The molecule has 2 aliphatic heterocycles. The molecule has 1 fully saturated rings. The average Bonchev–Trinajstić information content (AvgIpc) is 3.39. The van der Waals surface area contributed by atoms with Gasteiger partial charge in [0.05, 0.1) is 11.8 Å². The molecule has 1 saturated heterocycles. The SMILES string of the molecule is C=CC(=O)N1CC[C@H](/C=C/C(=C2\NN=CN=C2N)c2sc3c(OC)cc(C)cc3c2C)C1. The van der Waals surface area contributed by atoms with E-state index in [1.807, 2.05) is 11.0 Å². The second-order valence-electron chi connectivity index (χ2n) is 7.96. The summed E-state index contributed by atoms with van der Waals surface area (Å²) in [5.74, 6) is 1.47. The summed E-state index contributed by atoms with van der Waals surface area (Å²) < 4.78 is 6.75. The number of rotatable bonds is 5. The highest BCUT2D eigenvalue weighted by atomic mass is 32.1. The predicted octanol–water partition coefficient (Wildman–Crippen LogP) is 3.73. The number of benzene rings is 1. The van der Waals surface area contributed by atoms with Crippen LogP contribution in [0.4, 0.5) is 0 Å². The maximum absolute atomic E-state index is 11.9. The Bertz CT molecular complexity index is 1200. The van der Waals surface area contributed by atoms with Gasteiger partial charge in [0.1, 0.15) is 17.8 Å². The van der Waals surface area contributed by atoms with Crippen molar-refractivity contribution < 1.29 is 9.53 Å². The number of hydrazone groups is 1. The van der Waals surface area contributed by atoms with Gasteiger partial charge in [0.2, 0.25) is 5.91 Å². The molecule has 8 heteroatoms. The summed E-state index contributed by atoms with van der Waals surface area (Å²) in [6.45, 7) is 9.18. The van der Waals surface area contributed by atoms with E-state index < -0.39 is 0 Å². The molecular formula is C24H27N5O2S. The standard InChI is InChI=1S/C24H27N5O2S/c1-5-20(30)29-9-8-16(12-29)6-7-17(21-24(25)26-13-27-28-21)22-15(3)18-10-14(2)11-19(31-4)23(18)32-22/h5-7,10-11,13,16,28H,1,8-9,12H2,2-4H3,(H2,25,26,27)/b7-6+,21-17+/t16-/m0/s1. The number of amidine groups is 1. The van der Waals surface area contributed by atoms with E-state index in [0.717, 1.165) is 50.4 Å². The first-order chi connectivity index (χ1) is 15.4. The van der Waals surface area contributed by atoms with Crippen molar-refractivity contribution in [2.75, 3.05) is 20.2 Å². The van der Waals surface area contributed by atoms with Gasteiger partial charge in [0.15, 0.2) is 5.84 Å². The first-order valence-electron chi connectivity index (χ1n) is 10.5. The summed E-state index contributed by atoms with van der Waals surface area (Å²) in [4.78, 5) is 19.0. The molecule has 1 amide bonds. The molecule has 4 rings (SSSR count). The number of nitrogens with two attached hydrogens (primary N) is 1. The van der Waals surface area contributed by atoms with Crippen LogP contribution in [0, 0.1) is 19.8 Å². The lowest BCUT2D eigenvalue weighted by molar-refractivity contribution is -0.125. The largest absolute Gasteiger partial charge is 0.495 e. The summed E-state index contributed by atoms with van der Waals surface area (Å²) in [5, 5.41) is 5.25. The lowest BCUT2D eigenvalue weighted by Crippen LogP contribution is -2.28. The Morgan fingerprint density at radius 1 is 1.41 bits per heavy atom. The lowest BCUT2D eigenvalue weighted by atomic mass is 10.0. The van der Waals surface area contributed by atoms with E-state index in [1.165, 1.54) is 12.4 Å². The molecule has 0 bridgehead atoms. The van der Waals surface area contributed by atoms with Crippen LogP contribution in [0.5, 0.6) is 5.75 Å². The maximum Gasteiger partial charge on any atom is 0.245 e. The third-order valence-corrected chi connectivity index (χ3v) is 7.17. The van der Waals surface area contributed by atoms with Gasteiger partial charge < -0.3 is 15.4 Å². The van der Waals surface area contributed by atoms with E-state index >= 15 is 0 Å². The van der Waals surface area contributed by atoms with Crippen molar-refractivity contribution in [1.82, 2.24) is 10.3 Å². The van der Waals surface area contributed by atoms with E-state index in [4.69, 9.17) is 10.5 Å². The van der Waals surface area contributed by atoms with Crippen LogP contribution >= 0.6 is 11.3 Å². The molecule has 0 saturated carbocycles. The fourth-order valence-electron chi connectivity index (χ4n) is 4.12. The number of ether oxygens (including phenoxy) is 1. The highest BCUT2D eigenvalue weighted by Crippen LogP contribution is 2.42. The van der Waals surface area contributed by atoms with Crippen LogP contribution in [0.1, 0.15) is 22.4 Å². The van der Waals surface area contributed by atoms with E-state index in [1.54, 1.807) is 18.4 Å². The number of nitrogens with one attached hydrogen (secondary N) is 1. The molecule has 3 N–H and O–H groups in total. The fraction of sp³-hybridized carbons (Fsp3) is 0.292. The molecule has 1 aromatic carbocycles. The number of aliphatic imine (C=N–C) groups is 1. The molecule has 1 aromatic heterocycles. The van der Waals surface area contributed by atoms with Crippen molar-refractivity contribution in [3.8, 4) is 5.75 Å². The molecule has 166 valence electrons. The number of likely N-dealkylation sites (tertiary alicyclic amines) is 1. The van der Waals surface area contributed by atoms with Crippen molar-refractivity contribution in [2.45, 2.75) is 20.3 Å². The highest BCUT2D eigenvalue weighted by molar-refractivity contribution is 7.20. The summed E-state index contributed by atoms with van der Waals surface area (Å²) in [6.07, 6.45) is 7.91. The summed E-state index contributed by atoms with van der Waals surface area (Å²) >= 11 is 1.66. The Labute approximate surface area is 191 Å². The van der Waals surface area contributed by atoms with E-state index in [0.29, 0.717) is 18.1 Å². The molecule has 1 atom stereocenters. The quantitative estimate of drug-likeness (QED) is 0.681.